The molecule has 0 amide bonds. The molecule has 3 nitrogen and oxygen atoms in total. The van der Waals surface area contributed by atoms with Crippen LogP contribution in [0.15, 0.2) is 49.0 Å². The summed E-state index contributed by atoms with van der Waals surface area (Å²) in [5.41, 5.74) is -0.311. The van der Waals surface area contributed by atoms with Crippen molar-refractivity contribution in [2.24, 2.45) is 0 Å². The molecule has 0 fully saturated rings. The van der Waals surface area contributed by atoms with E-state index in [0.29, 0.717) is 0 Å². The highest BCUT2D eigenvalue weighted by molar-refractivity contribution is 5.86. The summed E-state index contributed by atoms with van der Waals surface area (Å²) >= 11 is 0. The van der Waals surface area contributed by atoms with E-state index in [9.17, 15) is 18.0 Å². The van der Waals surface area contributed by atoms with Crippen LogP contribution in [0, 0.1) is 0 Å². The molecule has 108 valence electrons. The summed E-state index contributed by atoms with van der Waals surface area (Å²) < 4.78 is 38.0. The molecule has 21 heavy (non-hydrogen) atoms. The number of carboxylic acid groups (broad SMARTS) is 1. The van der Waals surface area contributed by atoms with E-state index in [1.54, 1.807) is 0 Å². The number of rotatable bonds is 3. The first-order valence-electron chi connectivity index (χ1n) is 5.86. The minimum absolute atomic E-state index is 0.194. The molecule has 0 aliphatic rings. The molecule has 6 heteroatoms. The molecule has 2 aromatic rings. The third-order valence-electron chi connectivity index (χ3n) is 2.82. The lowest BCUT2D eigenvalue weighted by Gasteiger charge is -2.10. The van der Waals surface area contributed by atoms with Crippen LogP contribution in [0.25, 0.3) is 5.57 Å². The minimum atomic E-state index is -4.45. The molecule has 0 unspecified atom stereocenters. The van der Waals surface area contributed by atoms with Gasteiger partial charge in [-0.05, 0) is 29.8 Å². The summed E-state index contributed by atoms with van der Waals surface area (Å²) in [6, 6.07) is 8.90. The van der Waals surface area contributed by atoms with Gasteiger partial charge >= 0.3 is 12.1 Å². The molecule has 1 aromatic heterocycles. The van der Waals surface area contributed by atoms with Crippen molar-refractivity contribution < 1.29 is 23.1 Å². The molecule has 1 heterocycles. The van der Waals surface area contributed by atoms with Gasteiger partial charge in [0.2, 0.25) is 0 Å². The van der Waals surface area contributed by atoms with Crippen LogP contribution in [0.2, 0.25) is 0 Å². The van der Waals surface area contributed by atoms with Gasteiger partial charge in [-0.15, -0.1) is 0 Å². The van der Waals surface area contributed by atoms with Crippen molar-refractivity contribution in [2.45, 2.75) is 6.18 Å². The fourth-order valence-electron chi connectivity index (χ4n) is 1.75. The quantitative estimate of drug-likeness (QED) is 0.934. The molecule has 0 bridgehead atoms. The number of halogens is 3. The first-order valence-corrected chi connectivity index (χ1v) is 5.86. The van der Waals surface area contributed by atoms with E-state index >= 15 is 0 Å². The molecule has 0 aliphatic carbocycles. The first kappa shape index (κ1) is 14.8. The number of benzene rings is 1. The van der Waals surface area contributed by atoms with Gasteiger partial charge in [0.1, 0.15) is 5.69 Å². The maximum absolute atomic E-state index is 12.7. The summed E-state index contributed by atoms with van der Waals surface area (Å²) in [5, 5.41) is 8.87. The zero-order valence-electron chi connectivity index (χ0n) is 10.7. The van der Waals surface area contributed by atoms with Gasteiger partial charge in [0.05, 0.1) is 11.3 Å². The molecule has 1 N–H and O–H groups in total. The lowest BCUT2D eigenvalue weighted by Crippen LogP contribution is -2.06. The van der Waals surface area contributed by atoms with E-state index in [1.807, 2.05) is 0 Å². The van der Waals surface area contributed by atoms with Crippen molar-refractivity contribution in [1.82, 2.24) is 4.98 Å². The zero-order chi connectivity index (χ0) is 15.6. The van der Waals surface area contributed by atoms with Crippen LogP contribution < -0.4 is 0 Å². The van der Waals surface area contributed by atoms with E-state index in [4.69, 9.17) is 5.11 Å². The lowest BCUT2D eigenvalue weighted by molar-refractivity contribution is -0.137. The number of hydrogen-bond acceptors (Lipinski definition) is 2. The molecule has 0 saturated carbocycles. The predicted molar refractivity (Wildman–Crippen MR) is 70.8 cm³/mol. The molecule has 2 rings (SSSR count). The van der Waals surface area contributed by atoms with Gasteiger partial charge in [-0.1, -0.05) is 24.8 Å². The van der Waals surface area contributed by atoms with Crippen molar-refractivity contribution in [3.63, 3.8) is 0 Å². The molecular weight excluding hydrogens is 283 g/mol. The van der Waals surface area contributed by atoms with Crippen molar-refractivity contribution in [2.75, 3.05) is 0 Å². The molecule has 0 aliphatic heterocycles. The second kappa shape index (κ2) is 5.40. The Morgan fingerprint density at radius 3 is 2.33 bits per heavy atom. The Balaban J connectivity index is 2.41. The summed E-state index contributed by atoms with van der Waals surface area (Å²) in [4.78, 5) is 14.7. The van der Waals surface area contributed by atoms with Crippen LogP contribution in [0.1, 0.15) is 27.3 Å². The minimum Gasteiger partial charge on any atom is -0.477 e. The molecule has 0 radical (unpaired) electrons. The maximum atomic E-state index is 12.7. The largest absolute Gasteiger partial charge is 0.477 e. The Bertz CT molecular complexity index is 708. The number of aromatic nitrogens is 1. The number of carbonyl (C=O) groups is 1. The van der Waals surface area contributed by atoms with Crippen LogP contribution in [-0.4, -0.2) is 16.1 Å². The van der Waals surface area contributed by atoms with Crippen molar-refractivity contribution in [1.29, 1.82) is 0 Å². The number of pyridine rings is 1. The SMILES string of the molecule is C=C(c1cccc(C(F)(F)F)c1)c1cccc(C(=O)O)n1. The Kier molecular flexibility index (Phi) is 3.80. The fourth-order valence-corrected chi connectivity index (χ4v) is 1.75. The average Bonchev–Trinajstić information content (AvgIpc) is 2.46. The van der Waals surface area contributed by atoms with Crippen LogP contribution in [0.3, 0.4) is 0 Å². The Morgan fingerprint density at radius 2 is 1.71 bits per heavy atom. The van der Waals surface area contributed by atoms with Crippen molar-refractivity contribution >= 4 is 11.5 Å². The van der Waals surface area contributed by atoms with E-state index in [1.165, 1.54) is 30.3 Å². The zero-order valence-corrected chi connectivity index (χ0v) is 10.7. The van der Waals surface area contributed by atoms with Gasteiger partial charge in [0.25, 0.3) is 0 Å². The van der Waals surface area contributed by atoms with Crippen LogP contribution in [-0.2, 0) is 6.18 Å². The summed E-state index contributed by atoms with van der Waals surface area (Å²) in [5.74, 6) is -1.21. The van der Waals surface area contributed by atoms with Gasteiger partial charge in [-0.3, -0.25) is 0 Å². The summed E-state index contributed by atoms with van der Waals surface area (Å²) in [6.45, 7) is 3.70. The van der Waals surface area contributed by atoms with Crippen LogP contribution in [0.4, 0.5) is 13.2 Å². The average molecular weight is 293 g/mol. The van der Waals surface area contributed by atoms with Gasteiger partial charge in [-0.25, -0.2) is 9.78 Å². The predicted octanol–water partition coefficient (Wildman–Crippen LogP) is 3.86. The molecule has 1 aromatic carbocycles. The van der Waals surface area contributed by atoms with E-state index < -0.39 is 17.7 Å². The monoisotopic (exact) mass is 293 g/mol. The van der Waals surface area contributed by atoms with Crippen LogP contribution in [0.5, 0.6) is 0 Å². The Morgan fingerprint density at radius 1 is 1.10 bits per heavy atom. The molecule has 0 saturated heterocycles. The maximum Gasteiger partial charge on any atom is 0.416 e. The van der Waals surface area contributed by atoms with E-state index in [2.05, 4.69) is 11.6 Å². The van der Waals surface area contributed by atoms with Crippen molar-refractivity contribution in [3.8, 4) is 0 Å². The normalized spacial score (nSPS) is 11.2. The molecular formula is C15H10F3NO2. The second-order valence-corrected chi connectivity index (χ2v) is 4.27. The van der Waals surface area contributed by atoms with E-state index in [-0.39, 0.29) is 22.5 Å². The highest BCUT2D eigenvalue weighted by Gasteiger charge is 2.30. The number of nitrogens with zero attached hydrogens (tertiary/aromatic N) is 1. The Hall–Kier alpha value is -2.63. The summed E-state index contributed by atoms with van der Waals surface area (Å²) in [6.07, 6.45) is -4.45. The van der Waals surface area contributed by atoms with Crippen molar-refractivity contribution in [3.05, 3.63) is 71.6 Å². The third kappa shape index (κ3) is 3.28. The standard InChI is InChI=1S/C15H10F3NO2/c1-9(12-6-3-7-13(19-12)14(20)21)10-4-2-5-11(8-10)15(16,17)18/h2-8H,1H2,(H,20,21). The third-order valence-corrected chi connectivity index (χ3v) is 2.82. The van der Waals surface area contributed by atoms with E-state index in [0.717, 1.165) is 12.1 Å². The fraction of sp³-hybridized carbons (Fsp3) is 0.0667. The lowest BCUT2D eigenvalue weighted by atomic mass is 10.0. The molecule has 0 atom stereocenters. The van der Waals surface area contributed by atoms with Gasteiger partial charge in [0.15, 0.2) is 0 Å². The topological polar surface area (TPSA) is 50.2 Å². The number of alkyl halides is 3. The highest BCUT2D eigenvalue weighted by atomic mass is 19.4. The van der Waals surface area contributed by atoms with Gasteiger partial charge in [-0.2, -0.15) is 13.2 Å². The number of hydrogen-bond donors (Lipinski definition) is 1. The highest BCUT2D eigenvalue weighted by Crippen LogP contribution is 2.31. The smallest absolute Gasteiger partial charge is 0.416 e. The van der Waals surface area contributed by atoms with Gasteiger partial charge in [0, 0.05) is 5.57 Å². The second-order valence-electron chi connectivity index (χ2n) is 4.27. The van der Waals surface area contributed by atoms with Gasteiger partial charge < -0.3 is 5.11 Å². The Labute approximate surface area is 118 Å². The number of aromatic carboxylic acids is 1. The molecule has 0 spiro atoms. The number of carboxylic acids is 1. The van der Waals surface area contributed by atoms with Crippen LogP contribution >= 0.6 is 0 Å². The first-order chi connectivity index (χ1) is 9.79. The summed E-state index contributed by atoms with van der Waals surface area (Å²) in [7, 11) is 0.